The molecule has 0 aliphatic rings. The van der Waals surface area contributed by atoms with Gasteiger partial charge in [-0.15, -0.1) is 0 Å². The predicted molar refractivity (Wildman–Crippen MR) is 104 cm³/mol. The molecule has 0 aliphatic heterocycles. The summed E-state index contributed by atoms with van der Waals surface area (Å²) in [5.74, 6) is -0.247. The van der Waals surface area contributed by atoms with Crippen LogP contribution in [0.25, 0.3) is 10.9 Å². The number of aromatic amines is 1. The molecule has 0 aliphatic carbocycles. The Morgan fingerprint density at radius 2 is 1.77 bits per heavy atom. The van der Waals surface area contributed by atoms with E-state index >= 15 is 0 Å². The van der Waals surface area contributed by atoms with Gasteiger partial charge in [0.25, 0.3) is 11.8 Å². The third kappa shape index (κ3) is 3.73. The Balaban J connectivity index is 1.72. The highest BCUT2D eigenvalue weighted by Gasteiger charge is 2.15. The Morgan fingerprint density at radius 1 is 1.08 bits per heavy atom. The van der Waals surface area contributed by atoms with Crippen molar-refractivity contribution < 1.29 is 9.59 Å². The molecule has 1 heterocycles. The number of amides is 2. The van der Waals surface area contributed by atoms with Gasteiger partial charge in [0.05, 0.1) is 6.04 Å². The SMILES string of the molecule is CC(NC(=O)c1cc2cc(Cl)ccc2[nH]1)c1ccc(C(=O)N(C)C)cc1. The molecule has 1 aromatic heterocycles. The number of H-pyrrole nitrogens is 1. The molecule has 0 radical (unpaired) electrons. The van der Waals surface area contributed by atoms with Gasteiger partial charge < -0.3 is 15.2 Å². The summed E-state index contributed by atoms with van der Waals surface area (Å²) in [5, 5.41) is 4.48. The summed E-state index contributed by atoms with van der Waals surface area (Å²) in [6.07, 6.45) is 0. The third-order valence-corrected chi connectivity index (χ3v) is 4.47. The first-order valence-electron chi connectivity index (χ1n) is 8.26. The molecule has 2 N–H and O–H groups in total. The second kappa shape index (κ2) is 7.22. The van der Waals surface area contributed by atoms with Gasteiger partial charge in [-0.1, -0.05) is 23.7 Å². The van der Waals surface area contributed by atoms with Gasteiger partial charge in [-0.25, -0.2) is 0 Å². The largest absolute Gasteiger partial charge is 0.351 e. The van der Waals surface area contributed by atoms with Crippen LogP contribution in [0.15, 0.2) is 48.5 Å². The summed E-state index contributed by atoms with van der Waals surface area (Å²) < 4.78 is 0. The van der Waals surface area contributed by atoms with E-state index in [2.05, 4.69) is 10.3 Å². The van der Waals surface area contributed by atoms with E-state index in [-0.39, 0.29) is 17.9 Å². The molecule has 3 aromatic rings. The van der Waals surface area contributed by atoms with Crippen LogP contribution in [0.4, 0.5) is 0 Å². The maximum absolute atomic E-state index is 12.5. The third-order valence-electron chi connectivity index (χ3n) is 4.24. The van der Waals surface area contributed by atoms with Gasteiger partial charge in [0.1, 0.15) is 5.69 Å². The van der Waals surface area contributed by atoms with Crippen molar-refractivity contribution in [3.63, 3.8) is 0 Å². The molecule has 26 heavy (non-hydrogen) atoms. The summed E-state index contributed by atoms with van der Waals surface area (Å²) >= 11 is 5.98. The Hall–Kier alpha value is -2.79. The zero-order valence-corrected chi connectivity index (χ0v) is 15.6. The lowest BCUT2D eigenvalue weighted by molar-refractivity contribution is 0.0827. The normalized spacial score (nSPS) is 12.0. The molecule has 0 saturated carbocycles. The summed E-state index contributed by atoms with van der Waals surface area (Å²) in [6, 6.07) is 14.3. The van der Waals surface area contributed by atoms with Crippen LogP contribution in [0.3, 0.4) is 0 Å². The smallest absolute Gasteiger partial charge is 0.268 e. The van der Waals surface area contributed by atoms with Crippen molar-refractivity contribution in [1.82, 2.24) is 15.2 Å². The molecule has 0 fully saturated rings. The molecular formula is C20H20ClN3O2. The lowest BCUT2D eigenvalue weighted by Crippen LogP contribution is -2.27. The number of halogens is 1. The minimum absolute atomic E-state index is 0.0509. The van der Waals surface area contributed by atoms with E-state index in [1.807, 2.05) is 31.2 Å². The van der Waals surface area contributed by atoms with Crippen molar-refractivity contribution in [3.8, 4) is 0 Å². The summed E-state index contributed by atoms with van der Waals surface area (Å²) in [7, 11) is 3.43. The summed E-state index contributed by atoms with van der Waals surface area (Å²) in [5.41, 5.74) is 2.88. The fraction of sp³-hybridized carbons (Fsp3) is 0.200. The van der Waals surface area contributed by atoms with Gasteiger partial charge in [0.2, 0.25) is 0 Å². The molecule has 1 atom stereocenters. The zero-order valence-electron chi connectivity index (χ0n) is 14.8. The second-order valence-electron chi connectivity index (χ2n) is 6.43. The van der Waals surface area contributed by atoms with Crippen LogP contribution in [0, 0.1) is 0 Å². The van der Waals surface area contributed by atoms with Crippen molar-refractivity contribution in [3.05, 3.63) is 70.4 Å². The van der Waals surface area contributed by atoms with Gasteiger partial charge in [-0.3, -0.25) is 9.59 Å². The zero-order chi connectivity index (χ0) is 18.8. The molecule has 2 aromatic carbocycles. The van der Waals surface area contributed by atoms with Crippen LogP contribution in [-0.4, -0.2) is 35.8 Å². The minimum Gasteiger partial charge on any atom is -0.351 e. The van der Waals surface area contributed by atoms with Crippen molar-refractivity contribution in [1.29, 1.82) is 0 Å². The molecule has 5 nitrogen and oxygen atoms in total. The van der Waals surface area contributed by atoms with Crippen LogP contribution in [0.1, 0.15) is 39.4 Å². The molecule has 0 spiro atoms. The van der Waals surface area contributed by atoms with Gasteiger partial charge in [-0.2, -0.15) is 0 Å². The number of nitrogens with one attached hydrogen (secondary N) is 2. The number of carbonyl (C=O) groups excluding carboxylic acids is 2. The minimum atomic E-state index is -0.196. The molecule has 1 unspecified atom stereocenters. The average molecular weight is 370 g/mol. The molecule has 3 rings (SSSR count). The standard InChI is InChI=1S/C20H20ClN3O2/c1-12(13-4-6-14(7-5-13)20(26)24(2)3)22-19(25)18-11-15-10-16(21)8-9-17(15)23-18/h4-12,23H,1-3H3,(H,22,25). The van der Waals surface area contributed by atoms with Crippen molar-refractivity contribution in [2.75, 3.05) is 14.1 Å². The number of hydrogen-bond donors (Lipinski definition) is 2. The van der Waals surface area contributed by atoms with Gasteiger partial charge in [0.15, 0.2) is 0 Å². The van der Waals surface area contributed by atoms with E-state index in [1.165, 1.54) is 4.90 Å². The maximum atomic E-state index is 12.5. The van der Waals surface area contributed by atoms with Crippen molar-refractivity contribution in [2.24, 2.45) is 0 Å². The topological polar surface area (TPSA) is 65.2 Å². The number of aromatic nitrogens is 1. The Labute approximate surface area is 157 Å². The van der Waals surface area contributed by atoms with E-state index in [0.29, 0.717) is 16.3 Å². The second-order valence-corrected chi connectivity index (χ2v) is 6.87. The quantitative estimate of drug-likeness (QED) is 0.729. The number of rotatable bonds is 4. The Bertz CT molecular complexity index is 961. The maximum Gasteiger partial charge on any atom is 0.268 e. The van der Waals surface area contributed by atoms with Crippen LogP contribution in [-0.2, 0) is 0 Å². The first-order valence-corrected chi connectivity index (χ1v) is 8.63. The first-order chi connectivity index (χ1) is 12.3. The summed E-state index contributed by atoms with van der Waals surface area (Å²) in [6.45, 7) is 1.90. The van der Waals surface area contributed by atoms with Crippen LogP contribution in [0.2, 0.25) is 5.02 Å². The lowest BCUT2D eigenvalue weighted by Gasteiger charge is -2.15. The van der Waals surface area contributed by atoms with Gasteiger partial charge >= 0.3 is 0 Å². The average Bonchev–Trinajstić information content (AvgIpc) is 3.04. The fourth-order valence-electron chi connectivity index (χ4n) is 2.76. The number of carbonyl (C=O) groups is 2. The highest BCUT2D eigenvalue weighted by molar-refractivity contribution is 6.31. The van der Waals surface area contributed by atoms with Gasteiger partial charge in [-0.05, 0) is 48.9 Å². The molecule has 2 amide bonds. The fourth-order valence-corrected chi connectivity index (χ4v) is 2.94. The monoisotopic (exact) mass is 369 g/mol. The van der Waals surface area contributed by atoms with Crippen LogP contribution in [0.5, 0.6) is 0 Å². The van der Waals surface area contributed by atoms with Crippen molar-refractivity contribution >= 4 is 34.3 Å². The predicted octanol–water partition coefficient (Wildman–Crippen LogP) is 4.01. The van der Waals surface area contributed by atoms with Crippen LogP contribution >= 0.6 is 11.6 Å². The molecule has 0 saturated heterocycles. The van der Waals surface area contributed by atoms with Crippen molar-refractivity contribution in [2.45, 2.75) is 13.0 Å². The molecule has 6 heteroatoms. The van der Waals surface area contributed by atoms with Crippen LogP contribution < -0.4 is 5.32 Å². The number of nitrogens with zero attached hydrogens (tertiary/aromatic N) is 1. The Morgan fingerprint density at radius 3 is 2.42 bits per heavy atom. The van der Waals surface area contributed by atoms with Gasteiger partial charge in [0, 0.05) is 35.6 Å². The van der Waals surface area contributed by atoms with E-state index in [9.17, 15) is 9.59 Å². The summed E-state index contributed by atoms with van der Waals surface area (Å²) in [4.78, 5) is 29.1. The van der Waals surface area contributed by atoms with E-state index in [4.69, 9.17) is 11.6 Å². The Kier molecular flexibility index (Phi) is 5.00. The highest BCUT2D eigenvalue weighted by Crippen LogP contribution is 2.21. The molecular weight excluding hydrogens is 350 g/mol. The number of benzene rings is 2. The highest BCUT2D eigenvalue weighted by atomic mass is 35.5. The number of hydrogen-bond acceptors (Lipinski definition) is 2. The van der Waals surface area contributed by atoms with E-state index in [1.54, 1.807) is 38.4 Å². The van der Waals surface area contributed by atoms with E-state index < -0.39 is 0 Å². The molecule has 134 valence electrons. The number of fused-ring (bicyclic) bond motifs is 1. The lowest BCUT2D eigenvalue weighted by atomic mass is 10.1. The first kappa shape index (κ1) is 18.0. The molecule has 0 bridgehead atoms. The van der Waals surface area contributed by atoms with E-state index in [0.717, 1.165) is 16.5 Å².